The molecule has 2 rings (SSSR count). The highest BCUT2D eigenvalue weighted by atomic mass is 35.5. The molecule has 0 bridgehead atoms. The summed E-state index contributed by atoms with van der Waals surface area (Å²) < 4.78 is 5.48. The molecule has 0 aromatic heterocycles. The largest absolute Gasteiger partial charge is 0.484 e. The van der Waals surface area contributed by atoms with Gasteiger partial charge in [-0.1, -0.05) is 38.4 Å². The molecule has 0 aliphatic heterocycles. The molecule has 0 atom stereocenters. The normalized spacial score (nSPS) is 11.0. The fraction of sp³-hybridized carbons (Fsp3) is 0.300. The highest BCUT2D eigenvalue weighted by Crippen LogP contribution is 2.24. The van der Waals surface area contributed by atoms with E-state index < -0.39 is 5.41 Å². The summed E-state index contributed by atoms with van der Waals surface area (Å²) >= 11 is 5.88. The summed E-state index contributed by atoms with van der Waals surface area (Å²) in [6.07, 6.45) is 0. The summed E-state index contributed by atoms with van der Waals surface area (Å²) in [6, 6.07) is 13.9. The lowest BCUT2D eigenvalue weighted by Crippen LogP contribution is -2.36. The summed E-state index contributed by atoms with van der Waals surface area (Å²) in [7, 11) is 1.74. The maximum Gasteiger partial charge on any atom is 0.262 e. The third-order valence-electron chi connectivity index (χ3n) is 3.65. The number of halogens is 1. The molecule has 2 aromatic rings. The van der Waals surface area contributed by atoms with Crippen molar-refractivity contribution >= 4 is 34.8 Å². The van der Waals surface area contributed by atoms with Gasteiger partial charge in [0.05, 0.1) is 0 Å². The van der Waals surface area contributed by atoms with Crippen molar-refractivity contribution in [3.8, 4) is 5.75 Å². The smallest absolute Gasteiger partial charge is 0.262 e. The SMILES string of the molecule is CN(C(=O)C(C)(C)C)c1ccc(OCC(=O)Nc2cccc(Cl)c2)cc1. The van der Waals surface area contributed by atoms with Crippen LogP contribution in [-0.2, 0) is 9.59 Å². The summed E-state index contributed by atoms with van der Waals surface area (Å²) in [5.41, 5.74) is 0.923. The van der Waals surface area contributed by atoms with Crippen LogP contribution in [-0.4, -0.2) is 25.5 Å². The molecular weight excluding hydrogens is 352 g/mol. The number of amides is 2. The van der Waals surface area contributed by atoms with Crippen molar-refractivity contribution in [3.05, 3.63) is 53.6 Å². The van der Waals surface area contributed by atoms with E-state index in [1.165, 1.54) is 0 Å². The number of carbonyl (C=O) groups is 2. The molecule has 0 spiro atoms. The molecule has 0 aliphatic carbocycles. The number of benzene rings is 2. The average molecular weight is 375 g/mol. The van der Waals surface area contributed by atoms with Crippen LogP contribution < -0.4 is 15.0 Å². The first-order chi connectivity index (χ1) is 12.2. The van der Waals surface area contributed by atoms with Crippen molar-refractivity contribution in [2.75, 3.05) is 23.9 Å². The average Bonchev–Trinajstić information content (AvgIpc) is 2.58. The first kappa shape index (κ1) is 19.8. The Balaban J connectivity index is 1.91. The first-order valence-electron chi connectivity index (χ1n) is 8.23. The Morgan fingerprint density at radius 1 is 1.12 bits per heavy atom. The Morgan fingerprint density at radius 3 is 2.35 bits per heavy atom. The molecule has 0 radical (unpaired) electrons. The summed E-state index contributed by atoms with van der Waals surface area (Å²) in [4.78, 5) is 25.8. The number of nitrogens with zero attached hydrogens (tertiary/aromatic N) is 1. The number of rotatable bonds is 5. The van der Waals surface area contributed by atoms with Crippen LogP contribution in [0.1, 0.15) is 20.8 Å². The van der Waals surface area contributed by atoms with Crippen LogP contribution in [0.15, 0.2) is 48.5 Å². The molecule has 26 heavy (non-hydrogen) atoms. The minimum Gasteiger partial charge on any atom is -0.484 e. The van der Waals surface area contributed by atoms with E-state index in [0.717, 1.165) is 5.69 Å². The quantitative estimate of drug-likeness (QED) is 0.845. The van der Waals surface area contributed by atoms with Crippen molar-refractivity contribution in [3.63, 3.8) is 0 Å². The number of hydrogen-bond donors (Lipinski definition) is 1. The van der Waals surface area contributed by atoms with E-state index in [9.17, 15) is 9.59 Å². The highest BCUT2D eigenvalue weighted by Gasteiger charge is 2.25. The van der Waals surface area contributed by atoms with Crippen molar-refractivity contribution in [1.82, 2.24) is 0 Å². The molecule has 1 N–H and O–H groups in total. The van der Waals surface area contributed by atoms with E-state index in [1.54, 1.807) is 60.5 Å². The number of anilines is 2. The van der Waals surface area contributed by atoms with Crippen LogP contribution >= 0.6 is 11.6 Å². The van der Waals surface area contributed by atoms with E-state index in [0.29, 0.717) is 16.5 Å². The minimum atomic E-state index is -0.456. The Labute approximate surface area is 158 Å². The molecular formula is C20H23ClN2O3. The molecule has 0 unspecified atom stereocenters. The predicted molar refractivity (Wildman–Crippen MR) is 105 cm³/mol. The molecule has 138 valence electrons. The minimum absolute atomic E-state index is 0.0204. The van der Waals surface area contributed by atoms with Gasteiger partial charge in [0.15, 0.2) is 6.61 Å². The maximum atomic E-state index is 12.3. The van der Waals surface area contributed by atoms with Gasteiger partial charge in [-0.25, -0.2) is 0 Å². The molecule has 0 aliphatic rings. The van der Waals surface area contributed by atoms with Crippen LogP contribution in [0.4, 0.5) is 11.4 Å². The van der Waals surface area contributed by atoms with Crippen LogP contribution in [0.3, 0.4) is 0 Å². The number of carbonyl (C=O) groups excluding carboxylic acids is 2. The fourth-order valence-corrected chi connectivity index (χ4v) is 2.49. The van der Waals surface area contributed by atoms with Gasteiger partial charge in [0.1, 0.15) is 5.75 Å². The second-order valence-corrected chi connectivity index (χ2v) is 7.39. The van der Waals surface area contributed by atoms with Crippen molar-refractivity contribution in [2.45, 2.75) is 20.8 Å². The summed E-state index contributed by atoms with van der Waals surface area (Å²) in [5.74, 6) is 0.287. The van der Waals surface area contributed by atoms with E-state index in [-0.39, 0.29) is 18.4 Å². The lowest BCUT2D eigenvalue weighted by Gasteiger charge is -2.26. The van der Waals surface area contributed by atoms with Crippen molar-refractivity contribution in [2.24, 2.45) is 5.41 Å². The Kier molecular flexibility index (Phi) is 6.27. The number of hydrogen-bond acceptors (Lipinski definition) is 3. The van der Waals surface area contributed by atoms with Gasteiger partial charge in [0.25, 0.3) is 5.91 Å². The van der Waals surface area contributed by atoms with Crippen molar-refractivity contribution < 1.29 is 14.3 Å². The molecule has 0 saturated carbocycles. The number of nitrogens with one attached hydrogen (secondary N) is 1. The molecule has 5 nitrogen and oxygen atoms in total. The van der Waals surface area contributed by atoms with Crippen LogP contribution in [0, 0.1) is 5.41 Å². The van der Waals surface area contributed by atoms with Crippen LogP contribution in [0.5, 0.6) is 5.75 Å². The second kappa shape index (κ2) is 8.23. The molecule has 6 heteroatoms. The highest BCUT2D eigenvalue weighted by molar-refractivity contribution is 6.30. The summed E-state index contributed by atoms with van der Waals surface area (Å²) in [6.45, 7) is 5.51. The molecule has 0 fully saturated rings. The first-order valence-corrected chi connectivity index (χ1v) is 8.61. The van der Waals surface area contributed by atoms with E-state index in [1.807, 2.05) is 20.8 Å². The van der Waals surface area contributed by atoms with Gasteiger partial charge in [-0.3, -0.25) is 9.59 Å². The van der Waals surface area contributed by atoms with E-state index >= 15 is 0 Å². The zero-order chi connectivity index (χ0) is 19.3. The van der Waals surface area contributed by atoms with Gasteiger partial charge in [-0.2, -0.15) is 0 Å². The lowest BCUT2D eigenvalue weighted by molar-refractivity contribution is -0.125. The molecule has 0 heterocycles. The monoisotopic (exact) mass is 374 g/mol. The Morgan fingerprint density at radius 2 is 1.77 bits per heavy atom. The van der Waals surface area contributed by atoms with Gasteiger partial charge in [-0.05, 0) is 42.5 Å². The van der Waals surface area contributed by atoms with Gasteiger partial charge in [0.2, 0.25) is 5.91 Å². The fourth-order valence-electron chi connectivity index (χ4n) is 2.30. The van der Waals surface area contributed by atoms with E-state index in [4.69, 9.17) is 16.3 Å². The standard InChI is InChI=1S/C20H23ClN2O3/c1-20(2,3)19(25)23(4)16-8-10-17(11-9-16)26-13-18(24)22-15-7-5-6-14(21)12-15/h5-12H,13H2,1-4H3,(H,22,24). The third-order valence-corrected chi connectivity index (χ3v) is 3.88. The second-order valence-electron chi connectivity index (χ2n) is 6.96. The van der Waals surface area contributed by atoms with Crippen molar-refractivity contribution in [1.29, 1.82) is 0 Å². The molecule has 0 saturated heterocycles. The Bertz CT molecular complexity index is 782. The Hall–Kier alpha value is -2.53. The maximum absolute atomic E-state index is 12.3. The number of ether oxygens (including phenoxy) is 1. The van der Waals surface area contributed by atoms with Crippen LogP contribution in [0.25, 0.3) is 0 Å². The van der Waals surface area contributed by atoms with Gasteiger partial charge >= 0.3 is 0 Å². The molecule has 2 aromatic carbocycles. The van der Waals surface area contributed by atoms with Gasteiger partial charge in [-0.15, -0.1) is 0 Å². The molecule has 2 amide bonds. The van der Waals surface area contributed by atoms with E-state index in [2.05, 4.69) is 5.32 Å². The van der Waals surface area contributed by atoms with Crippen LogP contribution in [0.2, 0.25) is 5.02 Å². The third kappa shape index (κ3) is 5.49. The predicted octanol–water partition coefficient (Wildman–Crippen LogP) is 4.37. The lowest BCUT2D eigenvalue weighted by atomic mass is 9.95. The summed E-state index contributed by atoms with van der Waals surface area (Å²) in [5, 5.41) is 3.26. The zero-order valence-electron chi connectivity index (χ0n) is 15.4. The zero-order valence-corrected chi connectivity index (χ0v) is 16.1. The van der Waals surface area contributed by atoms with Gasteiger partial charge < -0.3 is 15.0 Å². The van der Waals surface area contributed by atoms with Gasteiger partial charge in [0, 0.05) is 28.9 Å². The topological polar surface area (TPSA) is 58.6 Å².